The van der Waals surface area contributed by atoms with E-state index in [-0.39, 0.29) is 5.78 Å². The van der Waals surface area contributed by atoms with Gasteiger partial charge < -0.3 is 4.98 Å². The van der Waals surface area contributed by atoms with E-state index in [0.29, 0.717) is 11.4 Å². The van der Waals surface area contributed by atoms with E-state index in [1.165, 1.54) is 0 Å². The van der Waals surface area contributed by atoms with Gasteiger partial charge in [-0.15, -0.1) is 0 Å². The van der Waals surface area contributed by atoms with E-state index in [2.05, 4.69) is 9.97 Å². The Kier molecular flexibility index (Phi) is 2.22. The number of carbonyl (C=O) groups is 1. The lowest BCUT2D eigenvalue weighted by atomic mass is 10.1. The third-order valence-corrected chi connectivity index (χ3v) is 2.73. The lowest BCUT2D eigenvalue weighted by molar-refractivity contribution is 0.103. The van der Waals surface area contributed by atoms with Gasteiger partial charge in [-0.3, -0.25) is 9.78 Å². The fraction of sp³-hybridized carbons (Fsp3) is 0. The Morgan fingerprint density at radius 1 is 1.06 bits per heavy atom. The minimum Gasteiger partial charge on any atom is -0.358 e. The van der Waals surface area contributed by atoms with Gasteiger partial charge in [0.05, 0.1) is 5.69 Å². The minimum atomic E-state index is -0.0770. The highest BCUT2D eigenvalue weighted by Crippen LogP contribution is 2.18. The molecule has 0 aliphatic rings. The monoisotopic (exact) mass is 222 g/mol. The van der Waals surface area contributed by atoms with Crippen LogP contribution < -0.4 is 0 Å². The van der Waals surface area contributed by atoms with E-state index in [1.807, 2.05) is 30.3 Å². The third-order valence-electron chi connectivity index (χ3n) is 2.73. The average molecular weight is 222 g/mol. The van der Waals surface area contributed by atoms with Gasteiger partial charge >= 0.3 is 0 Å². The first-order valence-electron chi connectivity index (χ1n) is 5.38. The predicted octanol–water partition coefficient (Wildman–Crippen LogP) is 2.79. The highest BCUT2D eigenvalue weighted by molar-refractivity contribution is 6.13. The summed E-state index contributed by atoms with van der Waals surface area (Å²) in [6.07, 6.45) is 3.40. The van der Waals surface area contributed by atoms with Crippen LogP contribution in [0.1, 0.15) is 16.2 Å². The number of benzene rings is 1. The number of rotatable bonds is 2. The lowest BCUT2D eigenvalue weighted by Gasteiger charge is -2.03. The zero-order chi connectivity index (χ0) is 11.7. The molecular formula is C14H10N2O. The van der Waals surface area contributed by atoms with Crippen molar-refractivity contribution < 1.29 is 4.79 Å². The number of pyridine rings is 1. The summed E-state index contributed by atoms with van der Waals surface area (Å²) < 4.78 is 0. The molecule has 2 heterocycles. The topological polar surface area (TPSA) is 45.8 Å². The molecular weight excluding hydrogens is 212 g/mol. The maximum atomic E-state index is 12.2. The highest BCUT2D eigenvalue weighted by Gasteiger charge is 2.13. The van der Waals surface area contributed by atoms with Gasteiger partial charge in [-0.05, 0) is 23.6 Å². The molecule has 3 heteroatoms. The normalized spacial score (nSPS) is 10.6. The van der Waals surface area contributed by atoms with E-state index in [4.69, 9.17) is 0 Å². The number of aromatic nitrogens is 2. The second-order valence-corrected chi connectivity index (χ2v) is 3.79. The molecule has 2 aromatic heterocycles. The lowest BCUT2D eigenvalue weighted by Crippen LogP contribution is -2.04. The highest BCUT2D eigenvalue weighted by atomic mass is 16.1. The van der Waals surface area contributed by atoms with Gasteiger partial charge in [-0.1, -0.05) is 24.3 Å². The Morgan fingerprint density at radius 3 is 2.76 bits per heavy atom. The molecule has 0 spiro atoms. The van der Waals surface area contributed by atoms with E-state index in [0.717, 1.165) is 10.8 Å². The Hall–Kier alpha value is -2.42. The molecule has 3 rings (SSSR count). The number of fused-ring (bicyclic) bond motifs is 1. The van der Waals surface area contributed by atoms with Crippen LogP contribution in [0.3, 0.4) is 0 Å². The van der Waals surface area contributed by atoms with Crippen LogP contribution in [-0.4, -0.2) is 15.8 Å². The molecule has 0 saturated carbocycles. The number of hydrogen-bond acceptors (Lipinski definition) is 2. The Bertz CT molecular complexity index is 666. The summed E-state index contributed by atoms with van der Waals surface area (Å²) in [5, 5.41) is 1.91. The number of nitrogens with zero attached hydrogens (tertiary/aromatic N) is 1. The van der Waals surface area contributed by atoms with Gasteiger partial charge in [0.25, 0.3) is 0 Å². The summed E-state index contributed by atoms with van der Waals surface area (Å²) in [4.78, 5) is 19.3. The Labute approximate surface area is 98.1 Å². The fourth-order valence-electron chi connectivity index (χ4n) is 1.90. The number of aromatic amines is 1. The van der Waals surface area contributed by atoms with Crippen LogP contribution in [0.15, 0.2) is 54.9 Å². The van der Waals surface area contributed by atoms with Gasteiger partial charge in [0.15, 0.2) is 0 Å². The van der Waals surface area contributed by atoms with Gasteiger partial charge in [0.1, 0.15) is 5.69 Å². The predicted molar refractivity (Wildman–Crippen MR) is 66.0 cm³/mol. The van der Waals surface area contributed by atoms with Gasteiger partial charge in [-0.25, -0.2) is 0 Å². The zero-order valence-corrected chi connectivity index (χ0v) is 9.05. The van der Waals surface area contributed by atoms with Gasteiger partial charge in [0.2, 0.25) is 5.78 Å². The molecule has 82 valence electrons. The molecule has 0 aliphatic heterocycles. The largest absolute Gasteiger partial charge is 0.358 e. The first-order chi connectivity index (χ1) is 8.36. The molecule has 0 bridgehead atoms. The molecule has 3 aromatic rings. The van der Waals surface area contributed by atoms with Crippen molar-refractivity contribution in [1.82, 2.24) is 9.97 Å². The van der Waals surface area contributed by atoms with Crippen LogP contribution in [0.25, 0.3) is 10.8 Å². The Balaban J connectivity index is 2.21. The first kappa shape index (κ1) is 9.78. The second kappa shape index (κ2) is 3.87. The number of H-pyrrole nitrogens is 1. The number of ketones is 1. The van der Waals surface area contributed by atoms with Crippen LogP contribution in [0, 0.1) is 0 Å². The van der Waals surface area contributed by atoms with Crippen LogP contribution in [0.4, 0.5) is 0 Å². The van der Waals surface area contributed by atoms with Crippen LogP contribution >= 0.6 is 0 Å². The maximum absolute atomic E-state index is 12.2. The Morgan fingerprint density at radius 2 is 1.94 bits per heavy atom. The van der Waals surface area contributed by atoms with Crippen molar-refractivity contribution >= 4 is 16.6 Å². The number of hydrogen-bond donors (Lipinski definition) is 1. The van der Waals surface area contributed by atoms with Crippen molar-refractivity contribution in [2.75, 3.05) is 0 Å². The summed E-state index contributed by atoms with van der Waals surface area (Å²) in [6.45, 7) is 0. The van der Waals surface area contributed by atoms with E-state index in [9.17, 15) is 4.79 Å². The summed E-state index contributed by atoms with van der Waals surface area (Å²) in [5.74, 6) is -0.0770. The van der Waals surface area contributed by atoms with Crippen molar-refractivity contribution in [3.05, 3.63) is 66.2 Å². The summed E-state index contributed by atoms with van der Waals surface area (Å²) in [6, 6.07) is 13.2. The molecule has 0 radical (unpaired) electrons. The quantitative estimate of drug-likeness (QED) is 0.677. The molecule has 0 amide bonds. The van der Waals surface area contributed by atoms with E-state index in [1.54, 1.807) is 24.5 Å². The summed E-state index contributed by atoms with van der Waals surface area (Å²) >= 11 is 0. The van der Waals surface area contributed by atoms with Crippen molar-refractivity contribution in [2.45, 2.75) is 0 Å². The zero-order valence-electron chi connectivity index (χ0n) is 9.05. The molecule has 0 aliphatic carbocycles. The van der Waals surface area contributed by atoms with E-state index < -0.39 is 0 Å². The minimum absolute atomic E-state index is 0.0770. The summed E-state index contributed by atoms with van der Waals surface area (Å²) in [7, 11) is 0. The number of carbonyl (C=O) groups excluding carboxylic acids is 1. The van der Waals surface area contributed by atoms with Crippen LogP contribution in [0.2, 0.25) is 0 Å². The second-order valence-electron chi connectivity index (χ2n) is 3.79. The van der Waals surface area contributed by atoms with Gasteiger partial charge in [0, 0.05) is 17.8 Å². The van der Waals surface area contributed by atoms with Crippen molar-refractivity contribution in [3.8, 4) is 0 Å². The molecule has 0 saturated heterocycles. The molecule has 1 aromatic carbocycles. The molecule has 3 nitrogen and oxygen atoms in total. The third kappa shape index (κ3) is 1.61. The molecule has 0 fully saturated rings. The summed E-state index contributed by atoms with van der Waals surface area (Å²) in [5.41, 5.74) is 1.06. The van der Waals surface area contributed by atoms with Crippen LogP contribution in [0.5, 0.6) is 0 Å². The number of nitrogens with one attached hydrogen (secondary N) is 1. The van der Waals surface area contributed by atoms with Crippen molar-refractivity contribution in [1.29, 1.82) is 0 Å². The first-order valence-corrected chi connectivity index (χ1v) is 5.38. The van der Waals surface area contributed by atoms with E-state index >= 15 is 0 Å². The standard InChI is InChI=1S/C14H10N2O/c17-14(12-6-3-8-15-12)13-11-5-2-1-4-10(11)7-9-16-13/h1-9,15H. The smallest absolute Gasteiger partial charge is 0.228 e. The van der Waals surface area contributed by atoms with Crippen molar-refractivity contribution in [2.24, 2.45) is 0 Å². The van der Waals surface area contributed by atoms with Crippen LogP contribution in [-0.2, 0) is 0 Å². The van der Waals surface area contributed by atoms with Gasteiger partial charge in [-0.2, -0.15) is 0 Å². The van der Waals surface area contributed by atoms with Crippen molar-refractivity contribution in [3.63, 3.8) is 0 Å². The molecule has 0 atom stereocenters. The molecule has 17 heavy (non-hydrogen) atoms. The molecule has 1 N–H and O–H groups in total. The average Bonchev–Trinajstić information content (AvgIpc) is 2.91. The molecule has 0 unspecified atom stereocenters. The fourth-order valence-corrected chi connectivity index (χ4v) is 1.90. The SMILES string of the molecule is O=C(c1ccc[nH]1)c1nccc2ccccc12. The maximum Gasteiger partial charge on any atom is 0.228 e.